The lowest BCUT2D eigenvalue weighted by Crippen LogP contribution is -2.26. The highest BCUT2D eigenvalue weighted by Crippen LogP contribution is 2.48. The number of nitrogens with zero attached hydrogens (tertiary/aromatic N) is 1. The second-order valence-corrected chi connectivity index (χ2v) is 4.47. The van der Waals surface area contributed by atoms with Gasteiger partial charge < -0.3 is 5.11 Å². The Kier molecular flexibility index (Phi) is 2.90. The molecule has 0 saturated heterocycles. The van der Waals surface area contributed by atoms with Crippen LogP contribution in [-0.2, 0) is 9.59 Å². The number of pyridine rings is 1. The van der Waals surface area contributed by atoms with Gasteiger partial charge in [0.1, 0.15) is 0 Å². The highest BCUT2D eigenvalue weighted by Gasteiger charge is 2.52. The van der Waals surface area contributed by atoms with Gasteiger partial charge in [-0.3, -0.25) is 0 Å². The first kappa shape index (κ1) is 10.7. The van der Waals surface area contributed by atoms with Crippen molar-refractivity contribution in [3.8, 4) is 0 Å². The summed E-state index contributed by atoms with van der Waals surface area (Å²) in [4.78, 5) is 43.2. The SMILES string of the molecule is O=C(O)C(=O)[P+](O)(O)c1ccccn1. The first-order valence-corrected chi connectivity index (χ1v) is 5.19. The van der Waals surface area contributed by atoms with E-state index in [1.807, 2.05) is 0 Å². The third kappa shape index (κ3) is 1.93. The lowest BCUT2D eigenvalue weighted by Gasteiger charge is -2.05. The van der Waals surface area contributed by atoms with Crippen LogP contribution in [0.2, 0.25) is 0 Å². The number of carboxylic acids is 1. The van der Waals surface area contributed by atoms with Crippen LogP contribution in [0, 0.1) is 0 Å². The van der Waals surface area contributed by atoms with Crippen LogP contribution in [0.3, 0.4) is 0 Å². The predicted molar refractivity (Wildman–Crippen MR) is 47.9 cm³/mol. The molecule has 7 heteroatoms. The Balaban J connectivity index is 3.08. The van der Waals surface area contributed by atoms with E-state index >= 15 is 0 Å². The van der Waals surface area contributed by atoms with Crippen molar-refractivity contribution in [2.45, 2.75) is 0 Å². The summed E-state index contributed by atoms with van der Waals surface area (Å²) in [5, 5.41) is 8.31. The summed E-state index contributed by atoms with van der Waals surface area (Å²) in [6.45, 7) is 0. The van der Waals surface area contributed by atoms with Gasteiger partial charge in [0.2, 0.25) is 0 Å². The first-order chi connectivity index (χ1) is 6.46. The Morgan fingerprint density at radius 3 is 2.36 bits per heavy atom. The fourth-order valence-electron chi connectivity index (χ4n) is 0.776. The molecule has 0 fully saturated rings. The van der Waals surface area contributed by atoms with Gasteiger partial charge in [0, 0.05) is 12.3 Å². The van der Waals surface area contributed by atoms with Gasteiger partial charge in [-0.25, -0.2) is 24.4 Å². The molecule has 0 unspecified atom stereocenters. The number of hydrogen-bond acceptors (Lipinski definition) is 5. The molecule has 1 aromatic heterocycles. The van der Waals surface area contributed by atoms with E-state index in [2.05, 4.69) is 4.98 Å². The number of carbonyl (C=O) groups is 2. The molecule has 0 aliphatic carbocycles. The number of rotatable bonds is 3. The van der Waals surface area contributed by atoms with E-state index in [1.54, 1.807) is 0 Å². The molecule has 0 amide bonds. The van der Waals surface area contributed by atoms with E-state index in [9.17, 15) is 19.4 Å². The van der Waals surface area contributed by atoms with E-state index in [0.717, 1.165) is 0 Å². The minimum atomic E-state index is -4.29. The van der Waals surface area contributed by atoms with Gasteiger partial charge in [-0.15, -0.1) is 0 Å². The fourth-order valence-corrected chi connectivity index (χ4v) is 1.77. The number of carbonyl (C=O) groups excluding carboxylic acids is 1. The lowest BCUT2D eigenvalue weighted by atomic mass is 10.5. The molecule has 0 radical (unpaired) electrons. The van der Waals surface area contributed by atoms with Crippen LogP contribution in [0.4, 0.5) is 0 Å². The van der Waals surface area contributed by atoms with Crippen molar-refractivity contribution in [3.05, 3.63) is 24.4 Å². The van der Waals surface area contributed by atoms with E-state index < -0.39 is 19.2 Å². The number of hydrogen-bond donors (Lipinski definition) is 3. The fraction of sp³-hybridized carbons (Fsp3) is 0. The monoisotopic (exact) mass is 216 g/mol. The van der Waals surface area contributed by atoms with Crippen LogP contribution in [0.5, 0.6) is 0 Å². The van der Waals surface area contributed by atoms with Crippen molar-refractivity contribution >= 4 is 24.6 Å². The van der Waals surface area contributed by atoms with E-state index in [0.29, 0.717) is 0 Å². The van der Waals surface area contributed by atoms with Gasteiger partial charge in [0.15, 0.2) is 0 Å². The van der Waals surface area contributed by atoms with Crippen molar-refractivity contribution < 1.29 is 24.5 Å². The Morgan fingerprint density at radius 1 is 1.29 bits per heavy atom. The van der Waals surface area contributed by atoms with Crippen molar-refractivity contribution in [2.24, 2.45) is 0 Å². The maximum atomic E-state index is 10.9. The topological polar surface area (TPSA) is 108 Å². The largest absolute Gasteiger partial charge is 0.472 e. The zero-order valence-corrected chi connectivity index (χ0v) is 7.76. The molecule has 0 saturated carbocycles. The molecule has 1 rings (SSSR count). The Morgan fingerprint density at radius 2 is 1.93 bits per heavy atom. The normalized spacial score (nSPS) is 11.0. The summed E-state index contributed by atoms with van der Waals surface area (Å²) >= 11 is 0. The third-order valence-corrected chi connectivity index (χ3v) is 3.10. The van der Waals surface area contributed by atoms with E-state index in [4.69, 9.17) is 5.11 Å². The molecule has 0 spiro atoms. The highest BCUT2D eigenvalue weighted by atomic mass is 31.2. The van der Waals surface area contributed by atoms with E-state index in [-0.39, 0.29) is 5.44 Å². The molecule has 1 aromatic rings. The molecular weight excluding hydrogens is 209 g/mol. The van der Waals surface area contributed by atoms with Crippen LogP contribution in [0.15, 0.2) is 24.4 Å². The summed E-state index contributed by atoms with van der Waals surface area (Å²) in [7, 11) is -4.29. The molecule has 3 N–H and O–H groups in total. The molecular formula is C7H7NO5P+. The standard InChI is InChI=1S/C7H6NO5P/c9-6(10)7(11)14(12,13)5-3-1-2-4-8-5/h1-4,12-13H/p+1. The van der Waals surface area contributed by atoms with Crippen LogP contribution in [-0.4, -0.2) is 31.4 Å². The van der Waals surface area contributed by atoms with Gasteiger partial charge in [0.05, 0.1) is 0 Å². The van der Waals surface area contributed by atoms with Crippen molar-refractivity contribution in [2.75, 3.05) is 0 Å². The van der Waals surface area contributed by atoms with Crippen molar-refractivity contribution in [1.82, 2.24) is 4.98 Å². The number of carboxylic acid groups (broad SMARTS) is 1. The summed E-state index contributed by atoms with van der Waals surface area (Å²) in [6.07, 6.45) is 1.24. The molecule has 0 aromatic carbocycles. The average Bonchev–Trinajstić information content (AvgIpc) is 2.18. The van der Waals surface area contributed by atoms with Gasteiger partial charge in [-0.05, 0) is 6.07 Å². The van der Waals surface area contributed by atoms with Crippen molar-refractivity contribution in [3.63, 3.8) is 0 Å². The number of aromatic nitrogens is 1. The molecule has 0 atom stereocenters. The number of aliphatic carboxylic acids is 1. The van der Waals surface area contributed by atoms with Gasteiger partial charge >= 0.3 is 19.2 Å². The zero-order chi connectivity index (χ0) is 10.8. The maximum absolute atomic E-state index is 10.9. The molecule has 1 heterocycles. The van der Waals surface area contributed by atoms with Crippen molar-refractivity contribution in [1.29, 1.82) is 0 Å². The summed E-state index contributed by atoms with van der Waals surface area (Å²) < 4.78 is 0. The molecule has 14 heavy (non-hydrogen) atoms. The summed E-state index contributed by atoms with van der Waals surface area (Å²) in [5.41, 5.74) is -1.94. The molecule has 0 aliphatic rings. The Labute approximate surface area is 79.3 Å². The third-order valence-electron chi connectivity index (χ3n) is 1.43. The van der Waals surface area contributed by atoms with Crippen LogP contribution < -0.4 is 5.44 Å². The smallest absolute Gasteiger partial charge is 0.439 e. The molecule has 0 bridgehead atoms. The summed E-state index contributed by atoms with van der Waals surface area (Å²) in [6, 6.07) is 4.13. The average molecular weight is 216 g/mol. The minimum absolute atomic E-state index is 0.313. The van der Waals surface area contributed by atoms with Crippen LogP contribution in [0.25, 0.3) is 0 Å². The first-order valence-electron chi connectivity index (χ1n) is 3.50. The van der Waals surface area contributed by atoms with Gasteiger partial charge in [0.25, 0.3) is 5.44 Å². The highest BCUT2D eigenvalue weighted by molar-refractivity contribution is 7.89. The Hall–Kier alpha value is -1.36. The predicted octanol–water partition coefficient (Wildman–Crippen LogP) is -0.850. The summed E-state index contributed by atoms with van der Waals surface area (Å²) in [5.74, 6) is -1.88. The minimum Gasteiger partial charge on any atom is -0.472 e. The van der Waals surface area contributed by atoms with Crippen LogP contribution >= 0.6 is 7.72 Å². The zero-order valence-electron chi connectivity index (χ0n) is 6.86. The second kappa shape index (κ2) is 3.79. The molecule has 0 aliphatic heterocycles. The quantitative estimate of drug-likeness (QED) is 0.448. The van der Waals surface area contributed by atoms with Crippen LogP contribution in [0.1, 0.15) is 0 Å². The van der Waals surface area contributed by atoms with Gasteiger partial charge in [-0.1, -0.05) is 6.07 Å². The van der Waals surface area contributed by atoms with Gasteiger partial charge in [-0.2, -0.15) is 0 Å². The lowest BCUT2D eigenvalue weighted by molar-refractivity contribution is -0.145. The maximum Gasteiger partial charge on any atom is 0.439 e. The van der Waals surface area contributed by atoms with E-state index in [1.165, 1.54) is 24.4 Å². The Bertz CT molecular complexity index is 364. The molecule has 6 nitrogen and oxygen atoms in total. The second-order valence-electron chi connectivity index (χ2n) is 2.40. The molecule has 74 valence electrons.